The van der Waals surface area contributed by atoms with Crippen molar-refractivity contribution < 1.29 is 9.47 Å². The van der Waals surface area contributed by atoms with Crippen molar-refractivity contribution in [2.45, 2.75) is 22.9 Å². The summed E-state index contributed by atoms with van der Waals surface area (Å²) in [6.07, 6.45) is 4.23. The Kier molecular flexibility index (Phi) is 4.03. The predicted molar refractivity (Wildman–Crippen MR) is 76.1 cm³/mol. The van der Waals surface area contributed by atoms with Gasteiger partial charge in [-0.2, -0.15) is 0 Å². The molecule has 0 aliphatic carbocycles. The van der Waals surface area contributed by atoms with E-state index in [9.17, 15) is 0 Å². The van der Waals surface area contributed by atoms with Crippen LogP contribution in [0.2, 0.25) is 0 Å². The second-order valence-corrected chi connectivity index (χ2v) is 5.34. The number of rotatable bonds is 3. The molecule has 1 aromatic carbocycles. The summed E-state index contributed by atoms with van der Waals surface area (Å²) in [6.45, 7) is 1.75. The Bertz CT molecular complexity index is 607. The van der Waals surface area contributed by atoms with E-state index in [4.69, 9.17) is 15.2 Å². The fraction of sp³-hybridized carbons (Fsp3) is 0.286. The molecule has 1 aliphatic heterocycles. The van der Waals surface area contributed by atoms with Gasteiger partial charge in [0.25, 0.3) is 0 Å². The Labute approximate surface area is 121 Å². The van der Waals surface area contributed by atoms with E-state index in [-0.39, 0.29) is 0 Å². The van der Waals surface area contributed by atoms with Gasteiger partial charge in [0.15, 0.2) is 11.5 Å². The van der Waals surface area contributed by atoms with Crippen molar-refractivity contribution in [3.8, 4) is 11.5 Å². The van der Waals surface area contributed by atoms with Crippen LogP contribution in [-0.4, -0.2) is 23.2 Å². The van der Waals surface area contributed by atoms with Crippen LogP contribution in [0.4, 0.5) is 0 Å². The van der Waals surface area contributed by atoms with Gasteiger partial charge < -0.3 is 15.2 Å². The van der Waals surface area contributed by atoms with Crippen LogP contribution in [0.3, 0.4) is 0 Å². The Hall–Kier alpha value is -1.79. The first-order valence-electron chi connectivity index (χ1n) is 6.44. The molecule has 1 aliphatic rings. The lowest BCUT2D eigenvalue weighted by atomic mass is 10.3. The van der Waals surface area contributed by atoms with E-state index in [1.165, 1.54) is 11.8 Å². The molecule has 104 valence electrons. The van der Waals surface area contributed by atoms with Gasteiger partial charge in [-0.25, -0.2) is 4.98 Å². The summed E-state index contributed by atoms with van der Waals surface area (Å²) in [5.74, 6) is 1.58. The third kappa shape index (κ3) is 2.86. The van der Waals surface area contributed by atoms with Crippen LogP contribution in [0.1, 0.15) is 12.1 Å². The van der Waals surface area contributed by atoms with Crippen molar-refractivity contribution in [2.24, 2.45) is 5.73 Å². The molecule has 2 N–H and O–H groups in total. The van der Waals surface area contributed by atoms with Gasteiger partial charge in [0.05, 0.1) is 18.9 Å². The second kappa shape index (κ2) is 6.11. The number of hydrogen-bond donors (Lipinski definition) is 1. The van der Waals surface area contributed by atoms with Crippen LogP contribution >= 0.6 is 11.8 Å². The molecule has 3 rings (SSSR count). The SMILES string of the molecule is NCc1nccnc1Sc1ccc2c(c1)OCCCO2. The van der Waals surface area contributed by atoms with Crippen molar-refractivity contribution in [3.05, 3.63) is 36.3 Å². The molecule has 2 heterocycles. The highest BCUT2D eigenvalue weighted by atomic mass is 32.2. The highest BCUT2D eigenvalue weighted by Gasteiger charge is 2.12. The van der Waals surface area contributed by atoms with Gasteiger partial charge in [-0.3, -0.25) is 4.98 Å². The largest absolute Gasteiger partial charge is 0.490 e. The van der Waals surface area contributed by atoms with E-state index in [1.807, 2.05) is 18.2 Å². The van der Waals surface area contributed by atoms with Crippen LogP contribution in [0.25, 0.3) is 0 Å². The monoisotopic (exact) mass is 289 g/mol. The third-order valence-electron chi connectivity index (χ3n) is 2.86. The zero-order valence-corrected chi connectivity index (χ0v) is 11.7. The molecule has 20 heavy (non-hydrogen) atoms. The summed E-state index contributed by atoms with van der Waals surface area (Å²) in [5, 5.41) is 0.824. The Morgan fingerprint density at radius 1 is 1.10 bits per heavy atom. The fourth-order valence-electron chi connectivity index (χ4n) is 1.90. The van der Waals surface area contributed by atoms with Gasteiger partial charge >= 0.3 is 0 Å². The third-order valence-corrected chi connectivity index (χ3v) is 3.89. The lowest BCUT2D eigenvalue weighted by Crippen LogP contribution is -2.02. The van der Waals surface area contributed by atoms with Crippen LogP contribution in [0.15, 0.2) is 40.5 Å². The topological polar surface area (TPSA) is 70.3 Å². The van der Waals surface area contributed by atoms with E-state index >= 15 is 0 Å². The molecule has 0 saturated carbocycles. The highest BCUT2D eigenvalue weighted by molar-refractivity contribution is 7.99. The maximum Gasteiger partial charge on any atom is 0.162 e. The zero-order chi connectivity index (χ0) is 13.8. The summed E-state index contributed by atoms with van der Waals surface area (Å²) < 4.78 is 11.3. The molecule has 0 saturated heterocycles. The molecule has 1 aromatic heterocycles. The predicted octanol–water partition coefficient (Wildman–Crippen LogP) is 2.25. The maximum absolute atomic E-state index is 5.68. The van der Waals surface area contributed by atoms with Crippen LogP contribution in [0.5, 0.6) is 11.5 Å². The zero-order valence-electron chi connectivity index (χ0n) is 10.9. The van der Waals surface area contributed by atoms with E-state index in [2.05, 4.69) is 9.97 Å². The van der Waals surface area contributed by atoms with Crippen molar-refractivity contribution in [3.63, 3.8) is 0 Å². The summed E-state index contributed by atoms with van der Waals surface area (Å²) in [7, 11) is 0. The van der Waals surface area contributed by atoms with Crippen LogP contribution < -0.4 is 15.2 Å². The molecule has 0 spiro atoms. The van der Waals surface area contributed by atoms with Crippen LogP contribution in [-0.2, 0) is 6.54 Å². The summed E-state index contributed by atoms with van der Waals surface area (Å²) in [5.41, 5.74) is 6.47. The van der Waals surface area contributed by atoms with Crippen molar-refractivity contribution in [1.29, 1.82) is 0 Å². The van der Waals surface area contributed by atoms with Crippen molar-refractivity contribution in [1.82, 2.24) is 9.97 Å². The summed E-state index contributed by atoms with van der Waals surface area (Å²) in [6, 6.07) is 5.90. The van der Waals surface area contributed by atoms with Gasteiger partial charge in [0, 0.05) is 30.3 Å². The first kappa shape index (κ1) is 13.2. The molecule has 5 nitrogen and oxygen atoms in total. The Morgan fingerprint density at radius 3 is 2.75 bits per heavy atom. The van der Waals surface area contributed by atoms with E-state index < -0.39 is 0 Å². The molecule has 0 amide bonds. The molecular formula is C14H15N3O2S. The molecule has 0 fully saturated rings. The quantitative estimate of drug-likeness (QED) is 0.934. The summed E-state index contributed by atoms with van der Waals surface area (Å²) >= 11 is 1.53. The van der Waals surface area contributed by atoms with E-state index in [0.29, 0.717) is 19.8 Å². The van der Waals surface area contributed by atoms with Gasteiger partial charge in [-0.05, 0) is 18.2 Å². The number of benzene rings is 1. The molecule has 2 aromatic rings. The first-order chi connectivity index (χ1) is 9.86. The minimum absolute atomic E-state index is 0.376. The fourth-order valence-corrected chi connectivity index (χ4v) is 2.79. The molecule has 0 unspecified atom stereocenters. The first-order valence-corrected chi connectivity index (χ1v) is 7.26. The number of ether oxygens (including phenoxy) is 2. The van der Waals surface area contributed by atoms with Crippen LogP contribution in [0, 0.1) is 0 Å². The van der Waals surface area contributed by atoms with Crippen molar-refractivity contribution in [2.75, 3.05) is 13.2 Å². The van der Waals surface area contributed by atoms with Crippen molar-refractivity contribution >= 4 is 11.8 Å². The number of hydrogen-bond acceptors (Lipinski definition) is 6. The minimum Gasteiger partial charge on any atom is -0.490 e. The van der Waals surface area contributed by atoms with Gasteiger partial charge in [0.2, 0.25) is 0 Å². The maximum atomic E-state index is 5.68. The average Bonchev–Trinajstić information content (AvgIpc) is 2.72. The number of fused-ring (bicyclic) bond motifs is 1. The van der Waals surface area contributed by atoms with Gasteiger partial charge in [0.1, 0.15) is 5.03 Å². The number of aromatic nitrogens is 2. The van der Waals surface area contributed by atoms with Gasteiger partial charge in [-0.15, -0.1) is 0 Å². The van der Waals surface area contributed by atoms with Gasteiger partial charge in [-0.1, -0.05) is 11.8 Å². The minimum atomic E-state index is 0.376. The summed E-state index contributed by atoms with van der Waals surface area (Å²) in [4.78, 5) is 9.59. The lowest BCUT2D eigenvalue weighted by Gasteiger charge is -2.09. The Morgan fingerprint density at radius 2 is 1.90 bits per heavy atom. The smallest absolute Gasteiger partial charge is 0.162 e. The second-order valence-electron chi connectivity index (χ2n) is 4.27. The van der Waals surface area contributed by atoms with E-state index in [1.54, 1.807) is 12.4 Å². The Balaban J connectivity index is 1.86. The van der Waals surface area contributed by atoms with E-state index in [0.717, 1.165) is 33.5 Å². The molecule has 0 radical (unpaired) electrons. The lowest BCUT2D eigenvalue weighted by molar-refractivity contribution is 0.297. The standard InChI is InChI=1S/C14H15N3O2S/c15-9-11-14(17-5-4-16-11)20-10-2-3-12-13(8-10)19-7-1-6-18-12/h2-5,8H,1,6-7,9,15H2. The average molecular weight is 289 g/mol. The molecular weight excluding hydrogens is 274 g/mol. The normalized spacial score (nSPS) is 13.8. The number of nitrogens with zero attached hydrogens (tertiary/aromatic N) is 2. The highest BCUT2D eigenvalue weighted by Crippen LogP contribution is 2.36. The molecule has 6 heteroatoms. The molecule has 0 bridgehead atoms. The molecule has 0 atom stereocenters. The number of nitrogens with two attached hydrogens (primary N) is 1.